The van der Waals surface area contributed by atoms with Crippen molar-refractivity contribution in [1.82, 2.24) is 9.21 Å². The molecule has 138 valence electrons. The van der Waals surface area contributed by atoms with Gasteiger partial charge in [0.15, 0.2) is 0 Å². The average molecular weight is 372 g/mol. The first-order chi connectivity index (χ1) is 12.5. The van der Waals surface area contributed by atoms with Crippen LogP contribution in [0.5, 0.6) is 5.75 Å². The summed E-state index contributed by atoms with van der Waals surface area (Å²) in [6.45, 7) is 3.36. The minimum Gasteiger partial charge on any atom is -0.496 e. The Balaban J connectivity index is 1.76. The number of aryl methyl sites for hydroxylation is 1. The lowest BCUT2D eigenvalue weighted by Gasteiger charge is -2.29. The summed E-state index contributed by atoms with van der Waals surface area (Å²) >= 11 is 0. The summed E-state index contributed by atoms with van der Waals surface area (Å²) in [5.74, 6) is 0.700. The molecule has 2 saturated heterocycles. The van der Waals surface area contributed by atoms with Crippen LogP contribution in [0.3, 0.4) is 0 Å². The van der Waals surface area contributed by atoms with Gasteiger partial charge in [-0.15, -0.1) is 0 Å². The van der Waals surface area contributed by atoms with E-state index < -0.39 is 10.0 Å². The lowest BCUT2D eigenvalue weighted by atomic mass is 10.1. The van der Waals surface area contributed by atoms with Crippen LogP contribution in [-0.4, -0.2) is 43.9 Å². The lowest BCUT2D eigenvalue weighted by molar-refractivity contribution is 0.198. The highest BCUT2D eigenvalue weighted by molar-refractivity contribution is 7.89. The quantitative estimate of drug-likeness (QED) is 0.827. The Bertz CT molecular complexity index is 899. The van der Waals surface area contributed by atoms with Gasteiger partial charge in [-0.1, -0.05) is 30.3 Å². The van der Waals surface area contributed by atoms with Crippen LogP contribution in [0, 0.1) is 6.92 Å². The molecule has 26 heavy (non-hydrogen) atoms. The van der Waals surface area contributed by atoms with Crippen molar-refractivity contribution in [3.05, 3.63) is 59.7 Å². The van der Waals surface area contributed by atoms with Gasteiger partial charge in [0, 0.05) is 19.1 Å². The van der Waals surface area contributed by atoms with Crippen molar-refractivity contribution < 1.29 is 13.2 Å². The van der Waals surface area contributed by atoms with E-state index in [2.05, 4.69) is 4.90 Å². The maximum absolute atomic E-state index is 13.5. The summed E-state index contributed by atoms with van der Waals surface area (Å²) in [4.78, 5) is 2.67. The van der Waals surface area contributed by atoms with Gasteiger partial charge < -0.3 is 4.74 Å². The van der Waals surface area contributed by atoms with Gasteiger partial charge in [-0.3, -0.25) is 4.90 Å². The van der Waals surface area contributed by atoms with Gasteiger partial charge in [-0.25, -0.2) is 8.42 Å². The third-order valence-corrected chi connectivity index (χ3v) is 7.29. The predicted molar refractivity (Wildman–Crippen MR) is 101 cm³/mol. The molecule has 2 aliphatic heterocycles. The highest BCUT2D eigenvalue weighted by Crippen LogP contribution is 2.42. The maximum atomic E-state index is 13.5. The van der Waals surface area contributed by atoms with Crippen molar-refractivity contribution in [2.45, 2.75) is 36.9 Å². The highest BCUT2D eigenvalue weighted by Gasteiger charge is 2.47. The Hall–Kier alpha value is -1.89. The summed E-state index contributed by atoms with van der Waals surface area (Å²) in [5.41, 5.74) is 1.86. The Labute approximate surface area is 155 Å². The van der Waals surface area contributed by atoms with Crippen molar-refractivity contribution in [2.24, 2.45) is 0 Å². The molecule has 2 atom stereocenters. The molecule has 2 aromatic carbocycles. The number of ether oxygens (including phenoxy) is 1. The van der Waals surface area contributed by atoms with E-state index >= 15 is 0 Å². The van der Waals surface area contributed by atoms with Crippen LogP contribution >= 0.6 is 0 Å². The first kappa shape index (κ1) is 17.5. The van der Waals surface area contributed by atoms with Crippen LogP contribution in [0.15, 0.2) is 53.4 Å². The zero-order chi connectivity index (χ0) is 18.3. The average Bonchev–Trinajstić information content (AvgIpc) is 3.23. The fourth-order valence-corrected chi connectivity index (χ4v) is 5.92. The van der Waals surface area contributed by atoms with Crippen molar-refractivity contribution in [3.63, 3.8) is 0 Å². The van der Waals surface area contributed by atoms with Gasteiger partial charge >= 0.3 is 0 Å². The van der Waals surface area contributed by atoms with Gasteiger partial charge in [0.1, 0.15) is 11.9 Å². The second kappa shape index (κ2) is 6.68. The number of hydrogen-bond donors (Lipinski definition) is 0. The Morgan fingerprint density at radius 3 is 2.58 bits per heavy atom. The van der Waals surface area contributed by atoms with E-state index in [0.717, 1.165) is 30.5 Å². The first-order valence-electron chi connectivity index (χ1n) is 8.99. The molecule has 5 nitrogen and oxygen atoms in total. The molecule has 0 bridgehead atoms. The second-order valence-corrected chi connectivity index (χ2v) is 8.91. The van der Waals surface area contributed by atoms with Crippen molar-refractivity contribution in [1.29, 1.82) is 0 Å². The number of nitrogens with zero attached hydrogens (tertiary/aromatic N) is 2. The molecule has 0 aliphatic carbocycles. The molecule has 0 N–H and O–H groups in total. The van der Waals surface area contributed by atoms with Gasteiger partial charge in [-0.05, 0) is 49.1 Å². The lowest BCUT2D eigenvalue weighted by Crippen LogP contribution is -2.35. The molecule has 2 heterocycles. The molecule has 2 unspecified atom stereocenters. The van der Waals surface area contributed by atoms with E-state index in [4.69, 9.17) is 4.74 Å². The minimum absolute atomic E-state index is 0.226. The molecule has 6 heteroatoms. The molecule has 2 aliphatic rings. The maximum Gasteiger partial charge on any atom is 0.244 e. The molecule has 2 aromatic rings. The second-order valence-electron chi connectivity index (χ2n) is 7.02. The Kier molecular flexibility index (Phi) is 4.50. The monoisotopic (exact) mass is 372 g/mol. The number of methoxy groups -OCH3 is 1. The summed E-state index contributed by atoms with van der Waals surface area (Å²) in [5, 5.41) is 0. The van der Waals surface area contributed by atoms with Crippen LogP contribution in [0.2, 0.25) is 0 Å². The largest absolute Gasteiger partial charge is 0.496 e. The normalized spacial score (nSPS) is 23.9. The fourth-order valence-electron chi connectivity index (χ4n) is 4.21. The number of fused-ring (bicyclic) bond motifs is 1. The summed E-state index contributed by atoms with van der Waals surface area (Å²) < 4.78 is 33.9. The number of hydrogen-bond acceptors (Lipinski definition) is 4. The molecule has 0 spiro atoms. The predicted octanol–water partition coefficient (Wildman–Crippen LogP) is 3.17. The topological polar surface area (TPSA) is 49.9 Å². The molecule has 0 saturated carbocycles. The van der Waals surface area contributed by atoms with Crippen LogP contribution in [0.25, 0.3) is 0 Å². The Morgan fingerprint density at radius 1 is 1.12 bits per heavy atom. The molecule has 4 rings (SSSR count). The Morgan fingerprint density at radius 2 is 1.88 bits per heavy atom. The van der Waals surface area contributed by atoms with Crippen LogP contribution < -0.4 is 4.74 Å². The van der Waals surface area contributed by atoms with Crippen molar-refractivity contribution in [2.75, 3.05) is 20.2 Å². The van der Waals surface area contributed by atoms with E-state index in [1.54, 1.807) is 29.6 Å². The minimum atomic E-state index is -3.59. The van der Waals surface area contributed by atoms with Gasteiger partial charge in [0.25, 0.3) is 0 Å². The summed E-state index contributed by atoms with van der Waals surface area (Å²) in [7, 11) is -2.00. The molecule has 2 fully saturated rings. The first-order valence-corrected chi connectivity index (χ1v) is 10.4. The molecule has 0 amide bonds. The van der Waals surface area contributed by atoms with Gasteiger partial charge in [0.05, 0.1) is 12.0 Å². The smallest absolute Gasteiger partial charge is 0.244 e. The zero-order valence-corrected chi connectivity index (χ0v) is 15.9. The van der Waals surface area contributed by atoms with Crippen molar-refractivity contribution in [3.8, 4) is 5.75 Å². The number of sulfonamides is 1. The van der Waals surface area contributed by atoms with Crippen LogP contribution in [0.4, 0.5) is 0 Å². The van der Waals surface area contributed by atoms with E-state index in [-0.39, 0.29) is 6.17 Å². The standard InChI is InChI=1S/C20H24N2O3S/c1-15-13-18(10-11-19(15)25-2)26(23,24)22-14-17-9-6-12-21(17)20(22)16-7-4-3-5-8-16/h3-5,7-8,10-11,13,17,20H,6,9,12,14H2,1-2H3. The fraction of sp³-hybridized carbons (Fsp3) is 0.400. The molecular weight excluding hydrogens is 348 g/mol. The van der Waals surface area contributed by atoms with Crippen LogP contribution in [0.1, 0.15) is 30.1 Å². The zero-order valence-electron chi connectivity index (χ0n) is 15.1. The highest BCUT2D eigenvalue weighted by atomic mass is 32.2. The van der Waals surface area contributed by atoms with Gasteiger partial charge in [0.2, 0.25) is 10.0 Å². The molecule has 0 radical (unpaired) electrons. The number of rotatable bonds is 4. The third-order valence-electron chi connectivity index (χ3n) is 5.47. The van der Waals surface area contributed by atoms with E-state index in [9.17, 15) is 8.42 Å². The molecular formula is C20H24N2O3S. The summed E-state index contributed by atoms with van der Waals surface area (Å²) in [6.07, 6.45) is 1.96. The summed E-state index contributed by atoms with van der Waals surface area (Å²) in [6, 6.07) is 15.3. The van der Waals surface area contributed by atoms with Crippen molar-refractivity contribution >= 4 is 10.0 Å². The third kappa shape index (κ3) is 2.82. The number of benzene rings is 2. The molecule has 0 aromatic heterocycles. The van der Waals surface area contributed by atoms with E-state index in [0.29, 0.717) is 23.2 Å². The SMILES string of the molecule is COc1ccc(S(=O)(=O)N2CC3CCCN3C2c2ccccc2)cc1C. The van der Waals surface area contributed by atoms with E-state index in [1.165, 1.54) is 0 Å². The van der Waals surface area contributed by atoms with Crippen LogP contribution in [-0.2, 0) is 10.0 Å². The van der Waals surface area contributed by atoms with E-state index in [1.807, 2.05) is 37.3 Å². The van der Waals surface area contributed by atoms with Gasteiger partial charge in [-0.2, -0.15) is 4.31 Å².